The molecule has 1 unspecified atom stereocenters. The third-order valence-corrected chi connectivity index (χ3v) is 2.01. The molecule has 14 heavy (non-hydrogen) atoms. The van der Waals surface area contributed by atoms with Gasteiger partial charge in [-0.15, -0.1) is 0 Å². The Balaban J connectivity index is 2.08. The number of nitrogens with zero attached hydrogens (tertiary/aromatic N) is 2. The Bertz CT molecular complexity index is 270. The number of hydrogen-bond acceptors (Lipinski definition) is 3. The third kappa shape index (κ3) is 3.57. The van der Waals surface area contributed by atoms with E-state index in [1.807, 2.05) is 23.9 Å². The molecule has 1 rings (SSSR count). The van der Waals surface area contributed by atoms with Gasteiger partial charge < -0.3 is 11.1 Å². The second-order valence-electron chi connectivity index (χ2n) is 3.28. The normalized spacial score (nSPS) is 12.6. The molecule has 1 atom stereocenters. The molecule has 0 aliphatic carbocycles. The number of amides is 1. The third-order valence-electron chi connectivity index (χ3n) is 2.01. The zero-order valence-electron chi connectivity index (χ0n) is 8.31. The van der Waals surface area contributed by atoms with E-state index in [4.69, 9.17) is 5.73 Å². The standard InChI is InChI=1S/C9H16N4O/c1-8(9(10)14)7-11-4-6-13-5-2-3-12-13/h2-3,5,8,11H,4,6-7H2,1H3,(H2,10,14). The lowest BCUT2D eigenvalue weighted by molar-refractivity contribution is -0.121. The van der Waals surface area contributed by atoms with Crippen molar-refractivity contribution in [2.24, 2.45) is 11.7 Å². The Hall–Kier alpha value is -1.36. The lowest BCUT2D eigenvalue weighted by Crippen LogP contribution is -2.32. The lowest BCUT2D eigenvalue weighted by atomic mass is 10.2. The molecule has 0 spiro atoms. The van der Waals surface area contributed by atoms with Crippen LogP contribution in [0, 0.1) is 5.92 Å². The van der Waals surface area contributed by atoms with Crippen LogP contribution in [-0.4, -0.2) is 28.8 Å². The molecule has 5 nitrogen and oxygen atoms in total. The average Bonchev–Trinajstić information content (AvgIpc) is 2.64. The number of rotatable bonds is 6. The fraction of sp³-hybridized carbons (Fsp3) is 0.556. The van der Waals surface area contributed by atoms with Gasteiger partial charge in [-0.05, 0) is 6.07 Å². The quantitative estimate of drug-likeness (QED) is 0.608. The minimum atomic E-state index is -0.267. The van der Waals surface area contributed by atoms with Crippen LogP contribution in [-0.2, 0) is 11.3 Å². The van der Waals surface area contributed by atoms with Gasteiger partial charge in [-0.2, -0.15) is 5.10 Å². The lowest BCUT2D eigenvalue weighted by Gasteiger charge is -2.08. The number of nitrogens with one attached hydrogen (secondary N) is 1. The Morgan fingerprint density at radius 3 is 3.07 bits per heavy atom. The molecule has 0 radical (unpaired) electrons. The molecule has 1 amide bonds. The molecule has 1 aromatic rings. The fourth-order valence-electron chi connectivity index (χ4n) is 1.05. The molecular formula is C9H16N4O. The van der Waals surface area contributed by atoms with Gasteiger partial charge in [0.25, 0.3) is 0 Å². The second kappa shape index (κ2) is 5.39. The van der Waals surface area contributed by atoms with E-state index in [1.54, 1.807) is 6.20 Å². The molecule has 3 N–H and O–H groups in total. The molecule has 0 bridgehead atoms. The first-order valence-corrected chi connectivity index (χ1v) is 4.67. The molecule has 0 saturated carbocycles. The number of carbonyl (C=O) groups excluding carboxylic acids is 1. The van der Waals surface area contributed by atoms with Crippen LogP contribution < -0.4 is 11.1 Å². The van der Waals surface area contributed by atoms with Gasteiger partial charge in [0.1, 0.15) is 0 Å². The minimum Gasteiger partial charge on any atom is -0.369 e. The Morgan fingerprint density at radius 1 is 1.71 bits per heavy atom. The van der Waals surface area contributed by atoms with Crippen LogP contribution in [0.15, 0.2) is 18.5 Å². The van der Waals surface area contributed by atoms with Gasteiger partial charge in [-0.3, -0.25) is 9.48 Å². The molecule has 1 heterocycles. The molecule has 0 fully saturated rings. The number of nitrogens with two attached hydrogens (primary N) is 1. The predicted molar refractivity (Wildman–Crippen MR) is 53.5 cm³/mol. The van der Waals surface area contributed by atoms with Gasteiger partial charge in [-0.1, -0.05) is 6.92 Å². The monoisotopic (exact) mass is 196 g/mol. The highest BCUT2D eigenvalue weighted by Crippen LogP contribution is 1.89. The molecule has 78 valence electrons. The SMILES string of the molecule is CC(CNCCn1cccn1)C(N)=O. The summed E-state index contributed by atoms with van der Waals surface area (Å²) in [5.41, 5.74) is 5.12. The van der Waals surface area contributed by atoms with E-state index in [9.17, 15) is 4.79 Å². The number of primary amides is 1. The summed E-state index contributed by atoms with van der Waals surface area (Å²) in [7, 11) is 0. The topological polar surface area (TPSA) is 72.9 Å². The van der Waals surface area contributed by atoms with Crippen molar-refractivity contribution in [3.63, 3.8) is 0 Å². The predicted octanol–water partition coefficient (Wildman–Crippen LogP) is -0.406. The number of carbonyl (C=O) groups is 1. The van der Waals surface area contributed by atoms with Crippen molar-refractivity contribution in [1.29, 1.82) is 0 Å². The molecular weight excluding hydrogens is 180 g/mol. The summed E-state index contributed by atoms with van der Waals surface area (Å²) in [6.07, 6.45) is 3.64. The van der Waals surface area contributed by atoms with Crippen LogP contribution in [0.1, 0.15) is 6.92 Å². The summed E-state index contributed by atoms with van der Waals surface area (Å²) < 4.78 is 1.84. The van der Waals surface area contributed by atoms with Crippen molar-refractivity contribution >= 4 is 5.91 Å². The zero-order valence-corrected chi connectivity index (χ0v) is 8.31. The average molecular weight is 196 g/mol. The Morgan fingerprint density at radius 2 is 2.50 bits per heavy atom. The summed E-state index contributed by atoms with van der Waals surface area (Å²) in [4.78, 5) is 10.7. The maximum absolute atomic E-state index is 10.7. The van der Waals surface area contributed by atoms with E-state index in [-0.39, 0.29) is 11.8 Å². The van der Waals surface area contributed by atoms with Gasteiger partial charge in [0.15, 0.2) is 0 Å². The van der Waals surface area contributed by atoms with E-state index in [1.165, 1.54) is 0 Å². The Labute approximate surface area is 83.3 Å². The molecule has 0 aliphatic heterocycles. The fourth-order valence-corrected chi connectivity index (χ4v) is 1.05. The highest BCUT2D eigenvalue weighted by Gasteiger charge is 2.06. The van der Waals surface area contributed by atoms with E-state index < -0.39 is 0 Å². The van der Waals surface area contributed by atoms with E-state index in [0.29, 0.717) is 6.54 Å². The van der Waals surface area contributed by atoms with Crippen molar-refractivity contribution in [2.45, 2.75) is 13.5 Å². The van der Waals surface area contributed by atoms with Crippen LogP contribution in [0.3, 0.4) is 0 Å². The van der Waals surface area contributed by atoms with Crippen LogP contribution >= 0.6 is 0 Å². The minimum absolute atomic E-state index is 0.118. The Kier molecular flexibility index (Phi) is 4.12. The van der Waals surface area contributed by atoms with Crippen LogP contribution in [0.2, 0.25) is 0 Å². The van der Waals surface area contributed by atoms with E-state index in [0.717, 1.165) is 13.1 Å². The smallest absolute Gasteiger partial charge is 0.221 e. The highest BCUT2D eigenvalue weighted by atomic mass is 16.1. The highest BCUT2D eigenvalue weighted by molar-refractivity contribution is 5.76. The summed E-state index contributed by atoms with van der Waals surface area (Å²) in [5.74, 6) is -0.385. The van der Waals surface area contributed by atoms with E-state index in [2.05, 4.69) is 10.4 Å². The number of aromatic nitrogens is 2. The largest absolute Gasteiger partial charge is 0.369 e. The molecule has 0 aromatic carbocycles. The van der Waals surface area contributed by atoms with E-state index >= 15 is 0 Å². The zero-order chi connectivity index (χ0) is 10.4. The van der Waals surface area contributed by atoms with Gasteiger partial charge in [0, 0.05) is 31.4 Å². The van der Waals surface area contributed by atoms with Gasteiger partial charge in [0.05, 0.1) is 6.54 Å². The summed E-state index contributed by atoms with van der Waals surface area (Å²) in [5, 5.41) is 7.20. The first-order valence-electron chi connectivity index (χ1n) is 4.67. The molecule has 0 saturated heterocycles. The van der Waals surface area contributed by atoms with Gasteiger partial charge in [-0.25, -0.2) is 0 Å². The molecule has 0 aliphatic rings. The van der Waals surface area contributed by atoms with Gasteiger partial charge in [0.2, 0.25) is 5.91 Å². The summed E-state index contributed by atoms with van der Waals surface area (Å²) in [6, 6.07) is 1.88. The van der Waals surface area contributed by atoms with Crippen molar-refractivity contribution in [2.75, 3.05) is 13.1 Å². The summed E-state index contributed by atoms with van der Waals surface area (Å²) >= 11 is 0. The number of hydrogen-bond donors (Lipinski definition) is 2. The second-order valence-corrected chi connectivity index (χ2v) is 3.28. The summed E-state index contributed by atoms with van der Waals surface area (Å²) in [6.45, 7) is 4.03. The van der Waals surface area contributed by atoms with Crippen LogP contribution in [0.4, 0.5) is 0 Å². The van der Waals surface area contributed by atoms with Crippen molar-refractivity contribution < 1.29 is 4.79 Å². The maximum atomic E-state index is 10.7. The van der Waals surface area contributed by atoms with Crippen LogP contribution in [0.25, 0.3) is 0 Å². The van der Waals surface area contributed by atoms with Gasteiger partial charge >= 0.3 is 0 Å². The molecule has 5 heteroatoms. The first-order chi connectivity index (χ1) is 6.70. The first kappa shape index (κ1) is 10.7. The van der Waals surface area contributed by atoms with Crippen molar-refractivity contribution in [3.05, 3.63) is 18.5 Å². The maximum Gasteiger partial charge on any atom is 0.221 e. The van der Waals surface area contributed by atoms with Crippen molar-refractivity contribution in [3.8, 4) is 0 Å². The van der Waals surface area contributed by atoms with Crippen LogP contribution in [0.5, 0.6) is 0 Å². The molecule has 1 aromatic heterocycles. The van der Waals surface area contributed by atoms with Crippen molar-refractivity contribution in [1.82, 2.24) is 15.1 Å².